The van der Waals surface area contributed by atoms with E-state index in [1.54, 1.807) is 18.2 Å². The highest BCUT2D eigenvalue weighted by molar-refractivity contribution is 7.99. The van der Waals surface area contributed by atoms with E-state index in [4.69, 9.17) is 0 Å². The molecule has 0 spiro atoms. The summed E-state index contributed by atoms with van der Waals surface area (Å²) >= 11 is 1.41. The molecule has 2 aliphatic carbocycles. The van der Waals surface area contributed by atoms with E-state index in [0.29, 0.717) is 23.2 Å². The number of aromatic nitrogens is 3. The van der Waals surface area contributed by atoms with Crippen LogP contribution in [0.1, 0.15) is 72.4 Å². The van der Waals surface area contributed by atoms with Crippen molar-refractivity contribution in [1.29, 1.82) is 0 Å². The first-order chi connectivity index (χ1) is 16.1. The summed E-state index contributed by atoms with van der Waals surface area (Å²) in [6, 6.07) is 17.2. The van der Waals surface area contributed by atoms with Gasteiger partial charge in [-0.1, -0.05) is 54.2 Å². The van der Waals surface area contributed by atoms with Crippen molar-refractivity contribution in [3.05, 3.63) is 71.5 Å². The number of amides is 2. The molecule has 0 bridgehead atoms. The van der Waals surface area contributed by atoms with Gasteiger partial charge in [-0.05, 0) is 50.3 Å². The van der Waals surface area contributed by atoms with Gasteiger partial charge >= 0.3 is 0 Å². The number of carbonyl (C=O) groups is 2. The molecule has 7 nitrogen and oxygen atoms in total. The van der Waals surface area contributed by atoms with Gasteiger partial charge in [-0.2, -0.15) is 0 Å². The van der Waals surface area contributed by atoms with Gasteiger partial charge in [0.15, 0.2) is 5.16 Å². The Hall–Kier alpha value is -3.13. The Bertz CT molecular complexity index is 1150. The largest absolute Gasteiger partial charge is 0.345 e. The van der Waals surface area contributed by atoms with Gasteiger partial charge in [0.2, 0.25) is 5.91 Å². The minimum absolute atomic E-state index is 0.146. The van der Waals surface area contributed by atoms with Gasteiger partial charge < -0.3 is 15.2 Å². The maximum absolute atomic E-state index is 12.9. The molecule has 2 aliphatic rings. The second-order valence-corrected chi connectivity index (χ2v) is 9.65. The van der Waals surface area contributed by atoms with Crippen LogP contribution in [0.4, 0.5) is 5.69 Å². The topological polar surface area (TPSA) is 88.9 Å². The first-order valence-corrected chi connectivity index (χ1v) is 12.4. The Balaban J connectivity index is 1.22. The summed E-state index contributed by atoms with van der Waals surface area (Å²) in [5.41, 5.74) is 1.97. The van der Waals surface area contributed by atoms with Gasteiger partial charge in [0.05, 0.1) is 23.0 Å². The molecule has 0 unspecified atom stereocenters. The summed E-state index contributed by atoms with van der Waals surface area (Å²) in [6.45, 7) is 1.94. The molecule has 5 rings (SSSR count). The highest BCUT2D eigenvalue weighted by Crippen LogP contribution is 2.46. The molecule has 0 aliphatic heterocycles. The van der Waals surface area contributed by atoms with Crippen LogP contribution in [0.5, 0.6) is 0 Å². The Kier molecular flexibility index (Phi) is 6.17. The minimum Gasteiger partial charge on any atom is -0.345 e. The molecule has 1 heterocycles. The summed E-state index contributed by atoms with van der Waals surface area (Å²) in [6.07, 6.45) is 4.66. The van der Waals surface area contributed by atoms with Crippen LogP contribution >= 0.6 is 11.8 Å². The Morgan fingerprint density at radius 1 is 1.03 bits per heavy atom. The first kappa shape index (κ1) is 21.7. The fourth-order valence-corrected chi connectivity index (χ4v) is 4.70. The first-order valence-electron chi connectivity index (χ1n) is 11.4. The van der Waals surface area contributed by atoms with E-state index in [1.165, 1.54) is 24.6 Å². The lowest BCUT2D eigenvalue weighted by atomic mass is 10.1. The molecule has 0 radical (unpaired) electrons. The predicted octanol–water partition coefficient (Wildman–Crippen LogP) is 4.71. The molecule has 2 saturated carbocycles. The van der Waals surface area contributed by atoms with Crippen LogP contribution in [-0.4, -0.2) is 32.3 Å². The van der Waals surface area contributed by atoms with Crippen LogP contribution in [0.2, 0.25) is 0 Å². The zero-order valence-corrected chi connectivity index (χ0v) is 19.3. The van der Waals surface area contributed by atoms with Gasteiger partial charge in [0, 0.05) is 12.0 Å². The van der Waals surface area contributed by atoms with E-state index in [0.717, 1.165) is 29.4 Å². The normalized spacial score (nSPS) is 16.3. The fraction of sp³-hybridized carbons (Fsp3) is 0.360. The molecule has 2 fully saturated rings. The van der Waals surface area contributed by atoms with Crippen molar-refractivity contribution in [3.8, 4) is 0 Å². The van der Waals surface area contributed by atoms with E-state index >= 15 is 0 Å². The number of para-hydroxylation sites is 1. The van der Waals surface area contributed by atoms with Crippen molar-refractivity contribution in [2.24, 2.45) is 0 Å². The van der Waals surface area contributed by atoms with E-state index < -0.39 is 0 Å². The number of benzene rings is 2. The van der Waals surface area contributed by atoms with E-state index in [9.17, 15) is 9.59 Å². The van der Waals surface area contributed by atoms with Crippen molar-refractivity contribution in [3.63, 3.8) is 0 Å². The number of nitrogens with zero attached hydrogens (tertiary/aromatic N) is 3. The lowest BCUT2D eigenvalue weighted by Gasteiger charge is -2.16. The predicted molar refractivity (Wildman–Crippen MR) is 128 cm³/mol. The molecular formula is C25H27N5O2S. The third kappa shape index (κ3) is 5.11. The number of anilines is 1. The van der Waals surface area contributed by atoms with Gasteiger partial charge in [0.1, 0.15) is 5.82 Å². The van der Waals surface area contributed by atoms with Crippen LogP contribution in [0, 0.1) is 0 Å². The molecule has 8 heteroatoms. The molecule has 170 valence electrons. The van der Waals surface area contributed by atoms with Gasteiger partial charge in [-0.3, -0.25) is 9.59 Å². The Morgan fingerprint density at radius 2 is 1.76 bits per heavy atom. The second kappa shape index (κ2) is 9.39. The number of hydrogen-bond donors (Lipinski definition) is 2. The lowest BCUT2D eigenvalue weighted by Crippen LogP contribution is -2.28. The molecule has 1 atom stereocenters. The average Bonchev–Trinajstić information content (AvgIpc) is 3.77. The minimum atomic E-state index is -0.225. The maximum Gasteiger partial charge on any atom is 0.253 e. The van der Waals surface area contributed by atoms with Crippen molar-refractivity contribution >= 4 is 29.3 Å². The van der Waals surface area contributed by atoms with Crippen LogP contribution in [0.3, 0.4) is 0 Å². The average molecular weight is 462 g/mol. The lowest BCUT2D eigenvalue weighted by molar-refractivity contribution is -0.113. The highest BCUT2D eigenvalue weighted by Gasteiger charge is 2.36. The number of rotatable bonds is 9. The maximum atomic E-state index is 12.9. The Labute approximate surface area is 197 Å². The van der Waals surface area contributed by atoms with Gasteiger partial charge in [-0.15, -0.1) is 10.2 Å². The van der Waals surface area contributed by atoms with E-state index in [1.807, 2.05) is 43.3 Å². The zero-order valence-electron chi connectivity index (χ0n) is 18.5. The SMILES string of the molecule is C[C@H](NC(=O)c1ccccc1NC(=O)CSc1nnc(C2CC2)n1C1CC1)c1ccccc1. The quantitative estimate of drug-likeness (QED) is 0.451. The third-order valence-electron chi connectivity index (χ3n) is 5.97. The second-order valence-electron chi connectivity index (χ2n) is 8.70. The van der Waals surface area contributed by atoms with Crippen LogP contribution < -0.4 is 10.6 Å². The Morgan fingerprint density at radius 3 is 2.48 bits per heavy atom. The van der Waals surface area contributed by atoms with Crippen LogP contribution in [0.25, 0.3) is 0 Å². The van der Waals surface area contributed by atoms with Gasteiger partial charge in [0.25, 0.3) is 5.91 Å². The standard InChI is InChI=1S/C25H27N5O2S/c1-16(17-7-3-2-4-8-17)26-24(32)20-9-5-6-10-21(20)27-22(31)15-33-25-29-28-23(18-11-12-18)30(25)19-13-14-19/h2-10,16,18-19H,11-15H2,1H3,(H,26,32)(H,27,31)/t16-/m0/s1. The molecule has 2 aromatic carbocycles. The molecule has 2 N–H and O–H groups in total. The molecule has 1 aromatic heterocycles. The number of nitrogens with one attached hydrogen (secondary N) is 2. The van der Waals surface area contributed by atoms with Crippen molar-refractivity contribution in [1.82, 2.24) is 20.1 Å². The fourth-order valence-electron chi connectivity index (χ4n) is 3.89. The molecule has 3 aromatic rings. The molecule has 0 saturated heterocycles. The van der Waals surface area contributed by atoms with Crippen molar-refractivity contribution in [2.45, 2.75) is 55.8 Å². The smallest absolute Gasteiger partial charge is 0.253 e. The van der Waals surface area contributed by atoms with E-state index in [2.05, 4.69) is 25.4 Å². The number of hydrogen-bond acceptors (Lipinski definition) is 5. The molecule has 2 amide bonds. The molecular weight excluding hydrogens is 434 g/mol. The highest BCUT2D eigenvalue weighted by atomic mass is 32.2. The molecule has 33 heavy (non-hydrogen) atoms. The zero-order chi connectivity index (χ0) is 22.8. The third-order valence-corrected chi connectivity index (χ3v) is 6.91. The monoisotopic (exact) mass is 461 g/mol. The number of thioether (sulfide) groups is 1. The van der Waals surface area contributed by atoms with Crippen LogP contribution in [-0.2, 0) is 4.79 Å². The summed E-state index contributed by atoms with van der Waals surface area (Å²) < 4.78 is 2.24. The summed E-state index contributed by atoms with van der Waals surface area (Å²) in [4.78, 5) is 25.7. The van der Waals surface area contributed by atoms with Crippen molar-refractivity contribution in [2.75, 3.05) is 11.1 Å². The van der Waals surface area contributed by atoms with Crippen LogP contribution in [0.15, 0.2) is 59.8 Å². The number of carbonyl (C=O) groups excluding carboxylic acids is 2. The van der Waals surface area contributed by atoms with Gasteiger partial charge in [-0.25, -0.2) is 0 Å². The summed E-state index contributed by atoms with van der Waals surface area (Å²) in [7, 11) is 0. The van der Waals surface area contributed by atoms with E-state index in [-0.39, 0.29) is 23.6 Å². The summed E-state index contributed by atoms with van der Waals surface area (Å²) in [5, 5.41) is 15.5. The summed E-state index contributed by atoms with van der Waals surface area (Å²) in [5.74, 6) is 1.43. The van der Waals surface area contributed by atoms with Crippen molar-refractivity contribution < 1.29 is 9.59 Å².